The first-order chi connectivity index (χ1) is 10.7. The standard InChI is InChI=1S/C17H13ClN2O2/c18-14-8-4-7-13(9-14)17(21)19-11-15-10-16(22-20-15)12-5-2-1-3-6-12/h1-10H,11H2,(H,19,21). The Morgan fingerprint density at radius 3 is 2.68 bits per heavy atom. The fraction of sp³-hybridized carbons (Fsp3) is 0.0588. The molecule has 0 unspecified atom stereocenters. The molecule has 0 spiro atoms. The molecule has 0 fully saturated rings. The third kappa shape index (κ3) is 3.35. The van der Waals surface area contributed by atoms with Gasteiger partial charge < -0.3 is 9.84 Å². The molecule has 0 bridgehead atoms. The van der Waals surface area contributed by atoms with Gasteiger partial charge in [-0.1, -0.05) is 53.2 Å². The van der Waals surface area contributed by atoms with Crippen LogP contribution in [0.15, 0.2) is 65.2 Å². The van der Waals surface area contributed by atoms with Crippen molar-refractivity contribution in [1.82, 2.24) is 10.5 Å². The van der Waals surface area contributed by atoms with Crippen molar-refractivity contribution in [2.45, 2.75) is 6.54 Å². The van der Waals surface area contributed by atoms with Crippen molar-refractivity contribution in [3.63, 3.8) is 0 Å². The number of benzene rings is 2. The van der Waals surface area contributed by atoms with Gasteiger partial charge in [-0.2, -0.15) is 0 Å². The lowest BCUT2D eigenvalue weighted by atomic mass is 10.1. The molecule has 0 aliphatic heterocycles. The Morgan fingerprint density at radius 1 is 1.09 bits per heavy atom. The Hall–Kier alpha value is -2.59. The molecule has 0 aliphatic rings. The molecule has 2 aromatic carbocycles. The highest BCUT2D eigenvalue weighted by atomic mass is 35.5. The largest absolute Gasteiger partial charge is 0.356 e. The highest BCUT2D eigenvalue weighted by molar-refractivity contribution is 6.30. The summed E-state index contributed by atoms with van der Waals surface area (Å²) in [7, 11) is 0. The first-order valence-electron chi connectivity index (χ1n) is 6.77. The van der Waals surface area contributed by atoms with Gasteiger partial charge in [-0.15, -0.1) is 0 Å². The number of carbonyl (C=O) groups is 1. The van der Waals surface area contributed by atoms with Crippen LogP contribution in [0.3, 0.4) is 0 Å². The predicted molar refractivity (Wildman–Crippen MR) is 84.6 cm³/mol. The highest BCUT2D eigenvalue weighted by Crippen LogP contribution is 2.19. The molecule has 0 saturated heterocycles. The molecule has 0 saturated carbocycles. The van der Waals surface area contributed by atoms with Gasteiger partial charge in [-0.25, -0.2) is 0 Å². The Kier molecular flexibility index (Phi) is 4.21. The summed E-state index contributed by atoms with van der Waals surface area (Å²) in [6.45, 7) is 0.293. The maximum atomic E-state index is 12.0. The number of aromatic nitrogens is 1. The van der Waals surface area contributed by atoms with Crippen LogP contribution in [0.25, 0.3) is 11.3 Å². The molecule has 3 aromatic rings. The van der Waals surface area contributed by atoms with Crippen LogP contribution < -0.4 is 5.32 Å². The zero-order valence-electron chi connectivity index (χ0n) is 11.6. The van der Waals surface area contributed by atoms with Crippen molar-refractivity contribution in [3.05, 3.63) is 76.9 Å². The smallest absolute Gasteiger partial charge is 0.251 e. The summed E-state index contributed by atoms with van der Waals surface area (Å²) in [6.07, 6.45) is 0. The average Bonchev–Trinajstić information content (AvgIpc) is 3.02. The molecule has 1 heterocycles. The molecule has 4 nitrogen and oxygen atoms in total. The van der Waals surface area contributed by atoms with Crippen LogP contribution in [-0.4, -0.2) is 11.1 Å². The molecular weight excluding hydrogens is 300 g/mol. The second-order valence-electron chi connectivity index (χ2n) is 4.74. The number of nitrogens with zero attached hydrogens (tertiary/aromatic N) is 1. The summed E-state index contributed by atoms with van der Waals surface area (Å²) in [4.78, 5) is 12.0. The molecule has 0 atom stereocenters. The Balaban J connectivity index is 1.65. The summed E-state index contributed by atoms with van der Waals surface area (Å²) in [5.41, 5.74) is 2.12. The maximum absolute atomic E-state index is 12.0. The molecule has 1 N–H and O–H groups in total. The third-order valence-corrected chi connectivity index (χ3v) is 3.37. The van der Waals surface area contributed by atoms with Gasteiger partial charge in [0, 0.05) is 22.2 Å². The van der Waals surface area contributed by atoms with Gasteiger partial charge in [0.1, 0.15) is 5.69 Å². The van der Waals surface area contributed by atoms with Gasteiger partial charge in [0.25, 0.3) is 5.91 Å². The van der Waals surface area contributed by atoms with Crippen LogP contribution >= 0.6 is 11.6 Å². The topological polar surface area (TPSA) is 55.1 Å². The molecule has 1 aromatic heterocycles. The minimum Gasteiger partial charge on any atom is -0.356 e. The Labute approximate surface area is 132 Å². The van der Waals surface area contributed by atoms with Crippen molar-refractivity contribution in [2.75, 3.05) is 0 Å². The van der Waals surface area contributed by atoms with Crippen LogP contribution in [0.4, 0.5) is 0 Å². The first kappa shape index (κ1) is 14.4. The number of nitrogens with one attached hydrogen (secondary N) is 1. The van der Waals surface area contributed by atoms with E-state index in [0.29, 0.717) is 28.6 Å². The van der Waals surface area contributed by atoms with Gasteiger partial charge in [0.15, 0.2) is 5.76 Å². The van der Waals surface area contributed by atoms with Crippen LogP contribution in [0.1, 0.15) is 16.1 Å². The fourth-order valence-corrected chi connectivity index (χ4v) is 2.23. The van der Waals surface area contributed by atoms with Gasteiger partial charge in [-0.3, -0.25) is 4.79 Å². The zero-order valence-corrected chi connectivity index (χ0v) is 12.4. The van der Waals surface area contributed by atoms with E-state index in [9.17, 15) is 4.79 Å². The Morgan fingerprint density at radius 2 is 1.91 bits per heavy atom. The van der Waals surface area contributed by atoms with E-state index in [0.717, 1.165) is 5.56 Å². The summed E-state index contributed by atoms with van der Waals surface area (Å²) in [6, 6.07) is 18.3. The van der Waals surface area contributed by atoms with E-state index in [2.05, 4.69) is 10.5 Å². The SMILES string of the molecule is O=C(NCc1cc(-c2ccccc2)on1)c1cccc(Cl)c1. The number of amides is 1. The van der Waals surface area contributed by atoms with Crippen molar-refractivity contribution in [1.29, 1.82) is 0 Å². The molecular formula is C17H13ClN2O2. The minimum absolute atomic E-state index is 0.202. The van der Waals surface area contributed by atoms with Gasteiger partial charge in [-0.05, 0) is 18.2 Å². The number of hydrogen-bond acceptors (Lipinski definition) is 3. The third-order valence-electron chi connectivity index (χ3n) is 3.13. The number of carbonyl (C=O) groups excluding carboxylic acids is 1. The van der Waals surface area contributed by atoms with E-state index < -0.39 is 0 Å². The first-order valence-corrected chi connectivity index (χ1v) is 7.15. The normalized spacial score (nSPS) is 10.4. The number of halogens is 1. The molecule has 0 aliphatic carbocycles. The van der Waals surface area contributed by atoms with E-state index in [1.165, 1.54) is 0 Å². The van der Waals surface area contributed by atoms with Crippen LogP contribution in [0.5, 0.6) is 0 Å². The van der Waals surface area contributed by atoms with E-state index in [1.807, 2.05) is 36.4 Å². The van der Waals surface area contributed by atoms with Crippen LogP contribution in [-0.2, 0) is 6.54 Å². The number of hydrogen-bond donors (Lipinski definition) is 1. The minimum atomic E-state index is -0.202. The molecule has 5 heteroatoms. The summed E-state index contributed by atoms with van der Waals surface area (Å²) < 4.78 is 5.29. The Bertz CT molecular complexity index is 784. The lowest BCUT2D eigenvalue weighted by Gasteiger charge is -2.02. The lowest BCUT2D eigenvalue weighted by molar-refractivity contribution is 0.0950. The number of rotatable bonds is 4. The fourth-order valence-electron chi connectivity index (χ4n) is 2.04. The molecule has 22 heavy (non-hydrogen) atoms. The second kappa shape index (κ2) is 6.45. The zero-order chi connectivity index (χ0) is 15.4. The van der Waals surface area contributed by atoms with E-state index in [-0.39, 0.29) is 5.91 Å². The van der Waals surface area contributed by atoms with Crippen molar-refractivity contribution in [3.8, 4) is 11.3 Å². The highest BCUT2D eigenvalue weighted by Gasteiger charge is 2.09. The second-order valence-corrected chi connectivity index (χ2v) is 5.18. The molecule has 110 valence electrons. The summed E-state index contributed by atoms with van der Waals surface area (Å²) in [5.74, 6) is 0.472. The van der Waals surface area contributed by atoms with Gasteiger partial charge >= 0.3 is 0 Å². The predicted octanol–water partition coefficient (Wildman–Crippen LogP) is 3.93. The van der Waals surface area contributed by atoms with Crippen LogP contribution in [0.2, 0.25) is 5.02 Å². The quantitative estimate of drug-likeness (QED) is 0.794. The molecule has 3 rings (SSSR count). The molecule has 0 radical (unpaired) electrons. The van der Waals surface area contributed by atoms with Crippen molar-refractivity contribution >= 4 is 17.5 Å². The van der Waals surface area contributed by atoms with Gasteiger partial charge in [0.05, 0.1) is 6.54 Å². The summed E-state index contributed by atoms with van der Waals surface area (Å²) >= 11 is 5.87. The average molecular weight is 313 g/mol. The lowest BCUT2D eigenvalue weighted by Crippen LogP contribution is -2.22. The summed E-state index contributed by atoms with van der Waals surface area (Å²) in [5, 5.41) is 7.28. The molecule has 1 amide bonds. The van der Waals surface area contributed by atoms with Crippen LogP contribution in [0, 0.1) is 0 Å². The van der Waals surface area contributed by atoms with Crippen molar-refractivity contribution in [2.24, 2.45) is 0 Å². The van der Waals surface area contributed by atoms with E-state index in [4.69, 9.17) is 16.1 Å². The van der Waals surface area contributed by atoms with Gasteiger partial charge in [0.2, 0.25) is 0 Å². The van der Waals surface area contributed by atoms with E-state index >= 15 is 0 Å². The van der Waals surface area contributed by atoms with E-state index in [1.54, 1.807) is 24.3 Å². The monoisotopic (exact) mass is 312 g/mol. The van der Waals surface area contributed by atoms with Crippen molar-refractivity contribution < 1.29 is 9.32 Å². The maximum Gasteiger partial charge on any atom is 0.251 e.